The zero-order valence-electron chi connectivity index (χ0n) is 21.4. The number of halogens is 1. The van der Waals surface area contributed by atoms with Gasteiger partial charge < -0.3 is 5.32 Å². The summed E-state index contributed by atoms with van der Waals surface area (Å²) in [5.41, 5.74) is 4.39. The Labute approximate surface area is 212 Å². The fourth-order valence-electron chi connectivity index (χ4n) is 3.11. The smallest absolute Gasteiger partial charge is 0.269 e. The zero-order chi connectivity index (χ0) is 25.8. The SMILES string of the molecule is C=C(/C=C\C(Cl)=C/C)C1=C(C(=O)NC)N(C(C)C)N=C(c2ncnc3ccsc23)C1.CC.CC. The van der Waals surface area contributed by atoms with Crippen LogP contribution in [-0.2, 0) is 4.79 Å². The molecule has 8 heteroatoms. The molecule has 0 saturated heterocycles. The molecule has 0 spiro atoms. The number of aromatic nitrogens is 2. The number of rotatable bonds is 6. The predicted octanol–water partition coefficient (Wildman–Crippen LogP) is 6.82. The van der Waals surface area contributed by atoms with E-state index >= 15 is 0 Å². The van der Waals surface area contributed by atoms with E-state index in [1.54, 1.807) is 41.9 Å². The second-order valence-electron chi connectivity index (χ2n) is 6.96. The van der Waals surface area contributed by atoms with Gasteiger partial charge in [-0.25, -0.2) is 9.97 Å². The third kappa shape index (κ3) is 6.87. The molecule has 0 saturated carbocycles. The van der Waals surface area contributed by atoms with Gasteiger partial charge in [0.15, 0.2) is 0 Å². The van der Waals surface area contributed by atoms with E-state index in [2.05, 4.69) is 21.9 Å². The summed E-state index contributed by atoms with van der Waals surface area (Å²) in [7, 11) is 1.61. The quantitative estimate of drug-likeness (QED) is 0.441. The van der Waals surface area contributed by atoms with Gasteiger partial charge >= 0.3 is 0 Å². The van der Waals surface area contributed by atoms with Crippen LogP contribution in [0.15, 0.2) is 69.6 Å². The number of carbonyl (C=O) groups is 1. The molecule has 1 aliphatic heterocycles. The number of hydrogen-bond donors (Lipinski definition) is 1. The van der Waals surface area contributed by atoms with Crippen molar-refractivity contribution in [2.45, 2.75) is 60.9 Å². The van der Waals surface area contributed by atoms with Gasteiger partial charge in [-0.1, -0.05) is 58.0 Å². The van der Waals surface area contributed by atoms with Crippen LogP contribution in [0.25, 0.3) is 10.2 Å². The molecule has 0 fully saturated rings. The minimum Gasteiger partial charge on any atom is -0.354 e. The number of carbonyl (C=O) groups excluding carboxylic acids is 1. The van der Waals surface area contributed by atoms with Gasteiger partial charge in [0.2, 0.25) is 0 Å². The van der Waals surface area contributed by atoms with Crippen molar-refractivity contribution in [1.29, 1.82) is 0 Å². The van der Waals surface area contributed by atoms with Crippen molar-refractivity contribution in [2.24, 2.45) is 5.10 Å². The average molecular weight is 502 g/mol. The van der Waals surface area contributed by atoms with Gasteiger partial charge in [-0.05, 0) is 49.4 Å². The molecule has 1 amide bonds. The molecule has 1 aliphatic rings. The van der Waals surface area contributed by atoms with Crippen molar-refractivity contribution in [1.82, 2.24) is 20.3 Å². The van der Waals surface area contributed by atoms with Crippen LogP contribution in [-0.4, -0.2) is 39.7 Å². The van der Waals surface area contributed by atoms with Gasteiger partial charge in [-0.15, -0.1) is 11.3 Å². The first-order valence-electron chi connectivity index (χ1n) is 11.6. The van der Waals surface area contributed by atoms with Gasteiger partial charge in [-0.3, -0.25) is 9.80 Å². The normalized spacial score (nSPS) is 13.9. The number of hydrogen-bond acceptors (Lipinski definition) is 6. The number of amides is 1. The maximum Gasteiger partial charge on any atom is 0.269 e. The first-order valence-corrected chi connectivity index (χ1v) is 12.8. The Morgan fingerprint density at radius 1 is 1.24 bits per heavy atom. The molecule has 3 heterocycles. The lowest BCUT2D eigenvalue weighted by Crippen LogP contribution is -2.39. The van der Waals surface area contributed by atoms with E-state index in [1.807, 2.05) is 66.0 Å². The van der Waals surface area contributed by atoms with Gasteiger partial charge in [0.25, 0.3) is 5.91 Å². The molecule has 0 radical (unpaired) electrons. The molecule has 0 aromatic carbocycles. The molecule has 6 nitrogen and oxygen atoms in total. The fourth-order valence-corrected chi connectivity index (χ4v) is 4.03. The Morgan fingerprint density at radius 3 is 2.50 bits per heavy atom. The second kappa shape index (κ2) is 14.5. The van der Waals surface area contributed by atoms with Crippen LogP contribution in [0.5, 0.6) is 0 Å². The minimum atomic E-state index is -0.211. The van der Waals surface area contributed by atoms with Crippen LogP contribution >= 0.6 is 22.9 Å². The van der Waals surface area contributed by atoms with Gasteiger partial charge in [0.05, 0.1) is 15.9 Å². The summed E-state index contributed by atoms with van der Waals surface area (Å²) in [6, 6.07) is 1.92. The lowest BCUT2D eigenvalue weighted by Gasteiger charge is -2.32. The highest BCUT2D eigenvalue weighted by atomic mass is 35.5. The summed E-state index contributed by atoms with van der Waals surface area (Å²) < 4.78 is 0.973. The third-order valence-corrected chi connectivity index (χ3v) is 5.90. The summed E-state index contributed by atoms with van der Waals surface area (Å²) in [5, 5.41) is 11.9. The Balaban J connectivity index is 0.00000137. The molecule has 3 rings (SSSR count). The Morgan fingerprint density at radius 2 is 1.91 bits per heavy atom. The molecular formula is C26H36ClN5OS. The van der Waals surface area contributed by atoms with Crippen molar-refractivity contribution in [2.75, 3.05) is 7.05 Å². The highest BCUT2D eigenvalue weighted by Crippen LogP contribution is 2.32. The Kier molecular flexibility index (Phi) is 12.5. The van der Waals surface area contributed by atoms with Crippen molar-refractivity contribution in [3.05, 3.63) is 70.2 Å². The Bertz CT molecular complexity index is 1110. The van der Waals surface area contributed by atoms with Gasteiger partial charge in [0, 0.05) is 24.5 Å². The average Bonchev–Trinajstić information content (AvgIpc) is 3.37. The number of hydrazone groups is 1. The molecule has 0 aliphatic carbocycles. The topological polar surface area (TPSA) is 70.5 Å². The van der Waals surface area contributed by atoms with E-state index < -0.39 is 0 Å². The van der Waals surface area contributed by atoms with Crippen LogP contribution in [0.2, 0.25) is 0 Å². The van der Waals surface area contributed by atoms with Crippen molar-refractivity contribution >= 4 is 44.8 Å². The summed E-state index contributed by atoms with van der Waals surface area (Å²) in [6.45, 7) is 18.0. The van der Waals surface area contributed by atoms with Crippen LogP contribution in [0, 0.1) is 0 Å². The van der Waals surface area contributed by atoms with E-state index in [0.29, 0.717) is 22.7 Å². The summed E-state index contributed by atoms with van der Waals surface area (Å²) in [6.07, 6.45) is 7.35. The largest absolute Gasteiger partial charge is 0.354 e. The summed E-state index contributed by atoms with van der Waals surface area (Å²) >= 11 is 7.69. The van der Waals surface area contributed by atoms with Gasteiger partial charge in [-0.2, -0.15) is 5.10 Å². The van der Waals surface area contributed by atoms with E-state index in [-0.39, 0.29) is 11.9 Å². The van der Waals surface area contributed by atoms with Crippen LogP contribution in [0.4, 0.5) is 0 Å². The minimum absolute atomic E-state index is 0.0424. The molecule has 0 bridgehead atoms. The molecule has 184 valence electrons. The first kappa shape index (κ1) is 29.3. The zero-order valence-corrected chi connectivity index (χ0v) is 23.0. The number of nitrogens with one attached hydrogen (secondary N) is 1. The lowest BCUT2D eigenvalue weighted by atomic mass is 9.94. The third-order valence-electron chi connectivity index (χ3n) is 4.64. The van der Waals surface area contributed by atoms with E-state index in [0.717, 1.165) is 27.2 Å². The highest BCUT2D eigenvalue weighted by molar-refractivity contribution is 7.17. The number of thiophene rings is 1. The molecule has 1 N–H and O–H groups in total. The van der Waals surface area contributed by atoms with Crippen molar-refractivity contribution in [3.8, 4) is 0 Å². The van der Waals surface area contributed by atoms with Gasteiger partial charge in [0.1, 0.15) is 17.7 Å². The molecular weight excluding hydrogens is 466 g/mol. The van der Waals surface area contributed by atoms with E-state index in [4.69, 9.17) is 16.7 Å². The van der Waals surface area contributed by atoms with Crippen molar-refractivity contribution in [3.63, 3.8) is 0 Å². The number of allylic oxidation sites excluding steroid dienone is 6. The standard InChI is InChI=1S/C22H24ClN5OS.2C2H6/c1-6-15(23)8-7-14(4)16-11-18(19-21-17(9-10-30-21)25-12-26-19)27-28(13(2)3)20(16)22(29)24-5;2*1-2/h6-10,12-13H,4,11H2,1-3,5H3,(H,24,29);2*1-2H3/b8-7-,15-6+;;. The monoisotopic (exact) mass is 501 g/mol. The fraction of sp³-hybridized carbons (Fsp3) is 0.385. The second-order valence-corrected chi connectivity index (χ2v) is 8.31. The predicted molar refractivity (Wildman–Crippen MR) is 147 cm³/mol. The summed E-state index contributed by atoms with van der Waals surface area (Å²) in [5.74, 6) is -0.211. The molecule has 0 atom stereocenters. The molecule has 34 heavy (non-hydrogen) atoms. The van der Waals surface area contributed by atoms with Crippen LogP contribution in [0.1, 0.15) is 60.6 Å². The van der Waals surface area contributed by atoms with Crippen LogP contribution in [0.3, 0.4) is 0 Å². The molecule has 2 aromatic rings. The number of fused-ring (bicyclic) bond motifs is 1. The highest BCUT2D eigenvalue weighted by Gasteiger charge is 2.31. The van der Waals surface area contributed by atoms with E-state index in [9.17, 15) is 4.79 Å². The summed E-state index contributed by atoms with van der Waals surface area (Å²) in [4.78, 5) is 21.6. The van der Waals surface area contributed by atoms with Crippen LogP contribution < -0.4 is 5.32 Å². The maximum atomic E-state index is 12.8. The number of nitrogens with zero attached hydrogens (tertiary/aromatic N) is 4. The first-order chi connectivity index (χ1) is 16.4. The molecule has 0 unspecified atom stereocenters. The Hall–Kier alpha value is -2.77. The number of likely N-dealkylation sites (N-methyl/N-ethyl adjacent to an activating group) is 1. The van der Waals surface area contributed by atoms with E-state index in [1.165, 1.54) is 0 Å². The maximum absolute atomic E-state index is 12.8. The van der Waals surface area contributed by atoms with Crippen molar-refractivity contribution < 1.29 is 4.79 Å². The molecule has 2 aromatic heterocycles. The lowest BCUT2D eigenvalue weighted by molar-refractivity contribution is -0.118.